The van der Waals surface area contributed by atoms with Gasteiger partial charge < -0.3 is 15.1 Å². The molecule has 1 N–H and O–H groups in total. The van der Waals surface area contributed by atoms with Crippen molar-refractivity contribution in [3.63, 3.8) is 0 Å². The Morgan fingerprint density at radius 3 is 2.54 bits per heavy atom. The second-order valence-corrected chi connectivity index (χ2v) is 8.78. The van der Waals surface area contributed by atoms with Gasteiger partial charge in [0.25, 0.3) is 5.91 Å². The first-order chi connectivity index (χ1) is 17.0. The van der Waals surface area contributed by atoms with Crippen LogP contribution in [0.4, 0.5) is 5.69 Å². The lowest BCUT2D eigenvalue weighted by Gasteiger charge is -2.38. The molecule has 0 spiro atoms. The maximum Gasteiger partial charge on any atom is 0.252 e. The molecule has 180 valence electrons. The van der Waals surface area contributed by atoms with Gasteiger partial charge in [-0.1, -0.05) is 42.5 Å². The minimum Gasteiger partial charge on any atom is -0.336 e. The molecule has 1 fully saturated rings. The number of aromatic nitrogens is 1. The Hall–Kier alpha value is -4.00. The first kappa shape index (κ1) is 24.1. The highest BCUT2D eigenvalue weighted by atomic mass is 16.2. The predicted octanol–water partition coefficient (Wildman–Crippen LogP) is 4.29. The Morgan fingerprint density at radius 2 is 1.83 bits per heavy atom. The minimum absolute atomic E-state index is 0.0828. The predicted molar refractivity (Wildman–Crippen MR) is 135 cm³/mol. The van der Waals surface area contributed by atoms with E-state index < -0.39 is 6.04 Å². The summed E-state index contributed by atoms with van der Waals surface area (Å²) in [7, 11) is 1.66. The van der Waals surface area contributed by atoms with Crippen molar-refractivity contribution in [2.75, 3.05) is 18.5 Å². The third kappa shape index (κ3) is 5.57. The van der Waals surface area contributed by atoms with Crippen molar-refractivity contribution in [2.24, 2.45) is 0 Å². The zero-order valence-corrected chi connectivity index (χ0v) is 20.1. The van der Waals surface area contributed by atoms with E-state index in [4.69, 9.17) is 0 Å². The molecular formula is C28H30N4O3. The number of amides is 3. The zero-order valence-electron chi connectivity index (χ0n) is 20.1. The Balaban J connectivity index is 1.63. The fourth-order valence-corrected chi connectivity index (χ4v) is 4.47. The maximum absolute atomic E-state index is 14.0. The van der Waals surface area contributed by atoms with Crippen LogP contribution in [0, 0.1) is 0 Å². The molecule has 1 aliphatic rings. The summed E-state index contributed by atoms with van der Waals surface area (Å²) in [5.74, 6) is -0.650. The highest BCUT2D eigenvalue weighted by Gasteiger charge is 2.34. The van der Waals surface area contributed by atoms with Crippen LogP contribution in [0.3, 0.4) is 0 Å². The summed E-state index contributed by atoms with van der Waals surface area (Å²) in [6.07, 6.45) is 6.33. The van der Waals surface area contributed by atoms with E-state index >= 15 is 0 Å². The van der Waals surface area contributed by atoms with Gasteiger partial charge in [0.15, 0.2) is 0 Å². The number of pyridine rings is 1. The van der Waals surface area contributed by atoms with Crippen molar-refractivity contribution in [3.05, 3.63) is 95.8 Å². The van der Waals surface area contributed by atoms with Crippen LogP contribution in [0.2, 0.25) is 0 Å². The molecule has 0 saturated carbocycles. The monoisotopic (exact) mass is 470 g/mol. The number of nitrogens with zero attached hydrogens (tertiary/aromatic N) is 3. The van der Waals surface area contributed by atoms with Gasteiger partial charge in [0.1, 0.15) is 6.04 Å². The lowest BCUT2D eigenvalue weighted by molar-refractivity contribution is -0.137. The third-order valence-corrected chi connectivity index (χ3v) is 6.48. The van der Waals surface area contributed by atoms with Crippen molar-refractivity contribution in [1.82, 2.24) is 15.2 Å². The van der Waals surface area contributed by atoms with Gasteiger partial charge in [0, 0.05) is 44.2 Å². The number of benzene rings is 2. The Bertz CT molecular complexity index is 1180. The molecule has 2 aromatic carbocycles. The molecule has 1 aromatic heterocycles. The topological polar surface area (TPSA) is 82.6 Å². The fraction of sp³-hybridized carbons (Fsp3) is 0.286. The average Bonchev–Trinajstić information content (AvgIpc) is 2.91. The first-order valence-corrected chi connectivity index (χ1v) is 11.9. The number of piperidine rings is 1. The van der Waals surface area contributed by atoms with Crippen molar-refractivity contribution >= 4 is 23.4 Å². The van der Waals surface area contributed by atoms with Gasteiger partial charge in [0.05, 0.1) is 6.04 Å². The molecule has 4 rings (SSSR count). The standard InChI is InChI=1S/C28H30N4O3/c1-20(33)31(2)24-14-8-12-22(18-24)27(34)30-26(21-10-4-3-5-11-21)28(35)32-17-7-6-15-25(32)23-13-9-16-29-19-23/h3-5,8-14,16,18-19,25-26H,6-7,15,17H2,1-2H3,(H,30,34)/t25-,26+/m1/s1. The van der Waals surface area contributed by atoms with E-state index in [9.17, 15) is 14.4 Å². The molecule has 7 heteroatoms. The van der Waals surface area contributed by atoms with E-state index in [1.54, 1.807) is 37.5 Å². The van der Waals surface area contributed by atoms with E-state index in [1.807, 2.05) is 53.6 Å². The lowest BCUT2D eigenvalue weighted by atomic mass is 9.94. The molecule has 1 aliphatic heterocycles. The van der Waals surface area contributed by atoms with Crippen LogP contribution in [-0.2, 0) is 9.59 Å². The van der Waals surface area contributed by atoms with E-state index in [2.05, 4.69) is 10.3 Å². The van der Waals surface area contributed by atoms with Crippen LogP contribution < -0.4 is 10.2 Å². The SMILES string of the molecule is CC(=O)N(C)c1cccc(C(=O)N[C@H](C(=O)N2CCCC[C@@H]2c2cccnc2)c2ccccc2)c1. The molecule has 2 atom stereocenters. The normalized spacial score (nSPS) is 16.3. The number of rotatable bonds is 6. The summed E-state index contributed by atoms with van der Waals surface area (Å²) >= 11 is 0. The molecule has 7 nitrogen and oxygen atoms in total. The molecule has 0 radical (unpaired) electrons. The van der Waals surface area contributed by atoms with Crippen molar-refractivity contribution in [1.29, 1.82) is 0 Å². The lowest BCUT2D eigenvalue weighted by Crippen LogP contribution is -2.46. The summed E-state index contributed by atoms with van der Waals surface area (Å²) in [4.78, 5) is 46.6. The molecular weight excluding hydrogens is 440 g/mol. The van der Waals surface area contributed by atoms with Gasteiger partial charge in [-0.2, -0.15) is 0 Å². The van der Waals surface area contributed by atoms with Crippen LogP contribution in [0.1, 0.15) is 59.8 Å². The smallest absolute Gasteiger partial charge is 0.252 e. The molecule has 0 bridgehead atoms. The summed E-state index contributed by atoms with van der Waals surface area (Å²) in [5.41, 5.74) is 2.71. The fourth-order valence-electron chi connectivity index (χ4n) is 4.47. The second-order valence-electron chi connectivity index (χ2n) is 8.78. The van der Waals surface area contributed by atoms with Crippen LogP contribution in [-0.4, -0.2) is 41.2 Å². The molecule has 2 heterocycles. The number of likely N-dealkylation sites (tertiary alicyclic amines) is 1. The van der Waals surface area contributed by atoms with E-state index in [-0.39, 0.29) is 23.8 Å². The number of nitrogens with one attached hydrogen (secondary N) is 1. The van der Waals surface area contributed by atoms with Crippen LogP contribution in [0.15, 0.2) is 79.1 Å². The van der Waals surface area contributed by atoms with Crippen LogP contribution in [0.25, 0.3) is 0 Å². The van der Waals surface area contributed by atoms with Gasteiger partial charge >= 0.3 is 0 Å². The van der Waals surface area contributed by atoms with E-state index in [0.29, 0.717) is 17.8 Å². The summed E-state index contributed by atoms with van der Waals surface area (Å²) in [6, 6.07) is 19.1. The number of carbonyl (C=O) groups is 3. The van der Waals surface area contributed by atoms with Gasteiger partial charge in [-0.15, -0.1) is 0 Å². The highest BCUT2D eigenvalue weighted by molar-refractivity contribution is 6.00. The Morgan fingerprint density at radius 1 is 1.03 bits per heavy atom. The molecule has 0 unspecified atom stereocenters. The molecule has 35 heavy (non-hydrogen) atoms. The van der Waals surface area contributed by atoms with Gasteiger partial charge in [-0.3, -0.25) is 19.4 Å². The number of carbonyl (C=O) groups excluding carboxylic acids is 3. The average molecular weight is 471 g/mol. The minimum atomic E-state index is -0.838. The molecule has 3 aromatic rings. The molecule has 3 amide bonds. The van der Waals surface area contributed by atoms with Gasteiger partial charge in [-0.05, 0) is 54.7 Å². The molecule has 0 aliphatic carbocycles. The van der Waals surface area contributed by atoms with Crippen molar-refractivity contribution < 1.29 is 14.4 Å². The Labute approximate surface area is 205 Å². The number of hydrogen-bond donors (Lipinski definition) is 1. The summed E-state index contributed by atoms with van der Waals surface area (Å²) in [6.45, 7) is 2.09. The van der Waals surface area contributed by atoms with Gasteiger partial charge in [0.2, 0.25) is 11.8 Å². The van der Waals surface area contributed by atoms with Crippen LogP contribution >= 0.6 is 0 Å². The molecule has 1 saturated heterocycles. The summed E-state index contributed by atoms with van der Waals surface area (Å²) < 4.78 is 0. The van der Waals surface area contributed by atoms with E-state index in [1.165, 1.54) is 11.8 Å². The quantitative estimate of drug-likeness (QED) is 0.583. The maximum atomic E-state index is 14.0. The largest absolute Gasteiger partial charge is 0.336 e. The second kappa shape index (κ2) is 11.0. The van der Waals surface area contributed by atoms with Crippen molar-refractivity contribution in [2.45, 2.75) is 38.3 Å². The summed E-state index contributed by atoms with van der Waals surface area (Å²) in [5, 5.41) is 2.96. The van der Waals surface area contributed by atoms with Crippen molar-refractivity contribution in [3.8, 4) is 0 Å². The number of hydrogen-bond acceptors (Lipinski definition) is 4. The third-order valence-electron chi connectivity index (χ3n) is 6.48. The first-order valence-electron chi connectivity index (χ1n) is 11.9. The zero-order chi connectivity index (χ0) is 24.8. The highest BCUT2D eigenvalue weighted by Crippen LogP contribution is 2.33. The van der Waals surface area contributed by atoms with E-state index in [0.717, 1.165) is 30.4 Å². The van der Waals surface area contributed by atoms with Gasteiger partial charge in [-0.25, -0.2) is 0 Å². The number of anilines is 1. The Kier molecular flexibility index (Phi) is 7.55. The van der Waals surface area contributed by atoms with Crippen LogP contribution in [0.5, 0.6) is 0 Å².